The maximum absolute atomic E-state index is 11.2. The van der Waals surface area contributed by atoms with E-state index in [0.29, 0.717) is 19.6 Å². The second-order valence-electron chi connectivity index (χ2n) is 4.51. The summed E-state index contributed by atoms with van der Waals surface area (Å²) in [6.45, 7) is 1.22. The van der Waals surface area contributed by atoms with Crippen LogP contribution in [0.4, 0.5) is 0 Å². The monoisotopic (exact) mass is 376 g/mol. The van der Waals surface area contributed by atoms with Crippen molar-refractivity contribution in [2.45, 2.75) is 29.2 Å². The van der Waals surface area contributed by atoms with E-state index in [-0.39, 0.29) is 9.58 Å². The van der Waals surface area contributed by atoms with Crippen LogP contribution in [-0.4, -0.2) is 29.4 Å². The second-order valence-corrected chi connectivity index (χ2v) is 6.47. The molecule has 2 rings (SSSR count). The topological polar surface area (TPSA) is 44.8 Å². The van der Waals surface area contributed by atoms with E-state index >= 15 is 0 Å². The van der Waals surface area contributed by atoms with Crippen molar-refractivity contribution >= 4 is 28.6 Å². The van der Waals surface area contributed by atoms with Gasteiger partial charge in [0.1, 0.15) is 3.61 Å². The number of esters is 1. The van der Waals surface area contributed by atoms with Crippen molar-refractivity contribution in [2.24, 2.45) is 0 Å². The lowest BCUT2D eigenvalue weighted by molar-refractivity contribution is -0.189. The standard InChI is InChI=1S/C14H17IO4/c1-17-13(16)12-9-14(15,19-12)7-8-18-10-11-5-3-2-4-6-11/h2-6,12H,7-10H2,1H3. The van der Waals surface area contributed by atoms with Crippen LogP contribution in [-0.2, 0) is 25.6 Å². The molecule has 2 atom stereocenters. The lowest BCUT2D eigenvalue weighted by Gasteiger charge is -2.42. The van der Waals surface area contributed by atoms with Gasteiger partial charge in [0.2, 0.25) is 0 Å². The highest BCUT2D eigenvalue weighted by Crippen LogP contribution is 2.42. The molecular formula is C14H17IO4. The molecule has 19 heavy (non-hydrogen) atoms. The summed E-state index contributed by atoms with van der Waals surface area (Å²) in [7, 11) is 1.38. The van der Waals surface area contributed by atoms with Gasteiger partial charge in [-0.15, -0.1) is 0 Å². The molecule has 1 heterocycles. The van der Waals surface area contributed by atoms with E-state index in [2.05, 4.69) is 27.3 Å². The van der Waals surface area contributed by atoms with Crippen molar-refractivity contribution in [2.75, 3.05) is 13.7 Å². The molecule has 1 aliphatic rings. The number of ether oxygens (including phenoxy) is 3. The smallest absolute Gasteiger partial charge is 0.335 e. The van der Waals surface area contributed by atoms with Gasteiger partial charge < -0.3 is 14.2 Å². The second kappa shape index (κ2) is 6.67. The fourth-order valence-electron chi connectivity index (χ4n) is 1.93. The van der Waals surface area contributed by atoms with Gasteiger partial charge in [0.05, 0.1) is 20.3 Å². The van der Waals surface area contributed by atoms with Crippen LogP contribution >= 0.6 is 22.6 Å². The Labute approximate surface area is 126 Å². The maximum atomic E-state index is 11.2. The summed E-state index contributed by atoms with van der Waals surface area (Å²) in [5, 5.41) is 0. The highest BCUT2D eigenvalue weighted by atomic mass is 127. The van der Waals surface area contributed by atoms with Gasteiger partial charge in [-0.25, -0.2) is 4.79 Å². The fourth-order valence-corrected chi connectivity index (χ4v) is 2.86. The Morgan fingerprint density at radius 3 is 2.79 bits per heavy atom. The van der Waals surface area contributed by atoms with Crippen molar-refractivity contribution in [1.29, 1.82) is 0 Å². The molecule has 104 valence electrons. The molecule has 0 bridgehead atoms. The summed E-state index contributed by atoms with van der Waals surface area (Å²) >= 11 is 2.24. The van der Waals surface area contributed by atoms with E-state index < -0.39 is 6.10 Å². The zero-order valence-corrected chi connectivity index (χ0v) is 13.0. The minimum Gasteiger partial charge on any atom is -0.467 e. The largest absolute Gasteiger partial charge is 0.467 e. The molecule has 0 saturated carbocycles. The van der Waals surface area contributed by atoms with Crippen LogP contribution in [0, 0.1) is 0 Å². The normalized spacial score (nSPS) is 25.7. The van der Waals surface area contributed by atoms with E-state index in [9.17, 15) is 4.79 Å². The lowest BCUT2D eigenvalue weighted by Crippen LogP contribution is -2.50. The molecule has 0 radical (unpaired) electrons. The highest BCUT2D eigenvalue weighted by Gasteiger charge is 2.47. The Balaban J connectivity index is 1.63. The lowest BCUT2D eigenvalue weighted by atomic mass is 10.0. The van der Waals surface area contributed by atoms with E-state index in [1.54, 1.807) is 0 Å². The molecule has 4 nitrogen and oxygen atoms in total. The van der Waals surface area contributed by atoms with Crippen LogP contribution in [0.1, 0.15) is 18.4 Å². The predicted molar refractivity (Wildman–Crippen MR) is 79.0 cm³/mol. The highest BCUT2D eigenvalue weighted by molar-refractivity contribution is 14.1. The molecule has 0 N–H and O–H groups in total. The summed E-state index contributed by atoms with van der Waals surface area (Å²) in [5.41, 5.74) is 1.16. The van der Waals surface area contributed by atoms with Crippen molar-refractivity contribution in [3.63, 3.8) is 0 Å². The van der Waals surface area contributed by atoms with Gasteiger partial charge in [-0.1, -0.05) is 30.3 Å². The number of halogens is 1. The minimum absolute atomic E-state index is 0.284. The number of methoxy groups -OCH3 is 1. The van der Waals surface area contributed by atoms with Gasteiger partial charge in [-0.05, 0) is 28.2 Å². The van der Waals surface area contributed by atoms with Gasteiger partial charge in [0, 0.05) is 12.8 Å². The van der Waals surface area contributed by atoms with E-state index in [4.69, 9.17) is 9.47 Å². The molecule has 0 amide bonds. The van der Waals surface area contributed by atoms with Crippen LogP contribution in [0.15, 0.2) is 30.3 Å². The third-order valence-electron chi connectivity index (χ3n) is 3.04. The van der Waals surface area contributed by atoms with Gasteiger partial charge in [-0.3, -0.25) is 0 Å². The zero-order chi connectivity index (χ0) is 13.7. The minimum atomic E-state index is -0.406. The average molecular weight is 376 g/mol. The Bertz CT molecular complexity index is 415. The summed E-state index contributed by atoms with van der Waals surface area (Å²) in [6.07, 6.45) is 1.05. The van der Waals surface area contributed by atoms with Crippen LogP contribution in [0.5, 0.6) is 0 Å². The predicted octanol–water partition coefficient (Wildman–Crippen LogP) is 2.69. The zero-order valence-electron chi connectivity index (χ0n) is 10.8. The van der Waals surface area contributed by atoms with Gasteiger partial charge >= 0.3 is 5.97 Å². The Kier molecular flexibility index (Phi) is 5.18. The molecule has 1 aliphatic heterocycles. The third kappa shape index (κ3) is 4.15. The fraction of sp³-hybridized carbons (Fsp3) is 0.500. The molecule has 5 heteroatoms. The van der Waals surface area contributed by atoms with Gasteiger partial charge in [0.15, 0.2) is 6.10 Å². The number of hydrogen-bond donors (Lipinski definition) is 0. The summed E-state index contributed by atoms with van der Waals surface area (Å²) < 4.78 is 15.5. The Hall–Kier alpha value is -0.660. The molecule has 0 aliphatic carbocycles. The van der Waals surface area contributed by atoms with E-state index in [1.807, 2.05) is 30.3 Å². The van der Waals surface area contributed by atoms with Crippen LogP contribution in [0.2, 0.25) is 0 Å². The van der Waals surface area contributed by atoms with Crippen molar-refractivity contribution < 1.29 is 19.0 Å². The molecule has 1 saturated heterocycles. The number of hydrogen-bond acceptors (Lipinski definition) is 4. The maximum Gasteiger partial charge on any atom is 0.335 e. The van der Waals surface area contributed by atoms with Crippen molar-refractivity contribution in [3.05, 3.63) is 35.9 Å². The first kappa shape index (κ1) is 14.7. The molecule has 1 aromatic rings. The van der Waals surface area contributed by atoms with Crippen LogP contribution in [0.25, 0.3) is 0 Å². The quantitative estimate of drug-likeness (QED) is 0.332. The summed E-state index contributed by atoms with van der Waals surface area (Å²) in [4.78, 5) is 11.2. The molecule has 0 aromatic heterocycles. The van der Waals surface area contributed by atoms with E-state index in [0.717, 1.165) is 12.0 Å². The van der Waals surface area contributed by atoms with Crippen LogP contribution in [0.3, 0.4) is 0 Å². The molecule has 0 spiro atoms. The van der Waals surface area contributed by atoms with Crippen LogP contribution < -0.4 is 0 Å². The first-order valence-electron chi connectivity index (χ1n) is 6.19. The summed E-state index contributed by atoms with van der Waals surface area (Å²) in [6, 6.07) is 10.0. The van der Waals surface area contributed by atoms with Crippen molar-refractivity contribution in [1.82, 2.24) is 0 Å². The number of rotatable bonds is 6. The number of benzene rings is 1. The molecule has 2 unspecified atom stereocenters. The molecule has 1 aromatic carbocycles. The number of alkyl halides is 1. The van der Waals surface area contributed by atoms with Gasteiger partial charge in [-0.2, -0.15) is 0 Å². The Morgan fingerprint density at radius 2 is 2.16 bits per heavy atom. The van der Waals surface area contributed by atoms with Gasteiger partial charge in [0.25, 0.3) is 0 Å². The molecular weight excluding hydrogens is 359 g/mol. The first-order valence-corrected chi connectivity index (χ1v) is 7.27. The average Bonchev–Trinajstić information content (AvgIpc) is 2.41. The first-order chi connectivity index (χ1) is 9.13. The molecule has 1 fully saturated rings. The van der Waals surface area contributed by atoms with E-state index in [1.165, 1.54) is 7.11 Å². The number of carbonyl (C=O) groups is 1. The summed E-state index contributed by atoms with van der Waals surface area (Å²) in [5.74, 6) is -0.294. The number of carbonyl (C=O) groups excluding carboxylic acids is 1. The SMILES string of the molecule is COC(=O)C1CC(I)(CCOCc2ccccc2)O1. The van der Waals surface area contributed by atoms with Crippen molar-refractivity contribution in [3.8, 4) is 0 Å². The third-order valence-corrected chi connectivity index (χ3v) is 4.27. The Morgan fingerprint density at radius 1 is 1.47 bits per heavy atom.